The molecule has 0 atom stereocenters. The number of carbonyl (C=O) groups excluding carboxylic acids is 1. The largest absolute Gasteiger partial charge is 0.444 e. The minimum Gasteiger partial charge on any atom is -0.444 e. The summed E-state index contributed by atoms with van der Waals surface area (Å²) in [7, 11) is 0. The van der Waals surface area contributed by atoms with Gasteiger partial charge in [0.25, 0.3) is 0 Å². The molecule has 0 aromatic heterocycles. The number of rotatable bonds is 1. The fraction of sp³-hybridized carbons (Fsp3) is 0.923. The van der Waals surface area contributed by atoms with E-state index >= 15 is 0 Å². The summed E-state index contributed by atoms with van der Waals surface area (Å²) in [4.78, 5) is 13.9. The summed E-state index contributed by atoms with van der Waals surface area (Å²) in [5.41, 5.74) is -0.818. The van der Waals surface area contributed by atoms with Crippen LogP contribution in [0.2, 0.25) is 0 Å². The number of aliphatic hydroxyl groups is 1. The molecule has 4 heteroatoms. The first kappa shape index (κ1) is 12.7. The highest BCUT2D eigenvalue weighted by Gasteiger charge is 2.49. The summed E-state index contributed by atoms with van der Waals surface area (Å²) in [6, 6.07) is 0. The van der Waals surface area contributed by atoms with Gasteiger partial charge in [0, 0.05) is 6.54 Å². The van der Waals surface area contributed by atoms with Crippen molar-refractivity contribution in [2.45, 2.75) is 57.6 Å². The molecule has 0 radical (unpaired) electrons. The average molecular weight is 241 g/mol. The third-order valence-electron chi connectivity index (χ3n) is 3.96. The van der Waals surface area contributed by atoms with Crippen molar-refractivity contribution >= 4 is 6.09 Å². The number of hydrogen-bond acceptors (Lipinski definition) is 3. The van der Waals surface area contributed by atoms with Gasteiger partial charge in [0.15, 0.2) is 0 Å². The van der Waals surface area contributed by atoms with Crippen molar-refractivity contribution in [2.24, 2.45) is 5.92 Å². The van der Waals surface area contributed by atoms with Crippen molar-refractivity contribution in [1.29, 1.82) is 0 Å². The van der Waals surface area contributed by atoms with Crippen LogP contribution in [0.1, 0.15) is 46.5 Å². The summed E-state index contributed by atoms with van der Waals surface area (Å²) in [5.74, 6) is 0.593. The number of nitrogens with zero attached hydrogens (tertiary/aromatic N) is 1. The van der Waals surface area contributed by atoms with E-state index in [1.165, 1.54) is 0 Å². The van der Waals surface area contributed by atoms with Crippen molar-refractivity contribution in [3.05, 3.63) is 0 Å². The zero-order valence-electron chi connectivity index (χ0n) is 11.0. The number of fused-ring (bicyclic) bond motifs is 3. The predicted octanol–water partition coefficient (Wildman–Crippen LogP) is 2.16. The molecule has 0 unspecified atom stereocenters. The van der Waals surface area contributed by atoms with Gasteiger partial charge in [-0.15, -0.1) is 0 Å². The molecule has 3 rings (SSSR count). The third kappa shape index (κ3) is 2.41. The number of hydrogen-bond donors (Lipinski definition) is 1. The van der Waals surface area contributed by atoms with Crippen molar-refractivity contribution in [3.8, 4) is 0 Å². The zero-order chi connectivity index (χ0) is 12.7. The van der Waals surface area contributed by atoms with Crippen LogP contribution in [-0.2, 0) is 4.74 Å². The fourth-order valence-corrected chi connectivity index (χ4v) is 2.95. The van der Waals surface area contributed by atoms with Gasteiger partial charge >= 0.3 is 6.09 Å². The highest BCUT2D eigenvalue weighted by atomic mass is 16.6. The van der Waals surface area contributed by atoms with Gasteiger partial charge in [-0.2, -0.15) is 0 Å². The minimum atomic E-state index is -0.468. The molecule has 1 amide bonds. The van der Waals surface area contributed by atoms with E-state index < -0.39 is 5.60 Å². The summed E-state index contributed by atoms with van der Waals surface area (Å²) in [6.45, 7) is 6.42. The molecule has 3 aliphatic rings. The van der Waals surface area contributed by atoms with E-state index in [-0.39, 0.29) is 18.2 Å². The maximum atomic E-state index is 12.2. The highest BCUT2D eigenvalue weighted by Crippen LogP contribution is 2.43. The van der Waals surface area contributed by atoms with Crippen LogP contribution in [0.3, 0.4) is 0 Å². The van der Waals surface area contributed by atoms with Crippen LogP contribution in [-0.4, -0.2) is 40.4 Å². The van der Waals surface area contributed by atoms with Gasteiger partial charge in [-0.3, -0.25) is 4.90 Å². The Labute approximate surface area is 103 Å². The van der Waals surface area contributed by atoms with Crippen LogP contribution >= 0.6 is 0 Å². The molecule has 1 N–H and O–H groups in total. The molecule has 0 aromatic carbocycles. The zero-order valence-corrected chi connectivity index (χ0v) is 11.0. The van der Waals surface area contributed by atoms with E-state index in [1.54, 1.807) is 4.90 Å². The first-order valence-electron chi connectivity index (χ1n) is 6.48. The van der Waals surface area contributed by atoms with E-state index in [0.29, 0.717) is 5.92 Å². The Morgan fingerprint density at radius 3 is 2.47 bits per heavy atom. The number of carbonyl (C=O) groups is 1. The van der Waals surface area contributed by atoms with E-state index in [0.717, 1.165) is 32.2 Å². The average Bonchev–Trinajstić information content (AvgIpc) is 2.28. The van der Waals surface area contributed by atoms with Gasteiger partial charge in [0.1, 0.15) is 5.60 Å². The highest BCUT2D eigenvalue weighted by molar-refractivity contribution is 5.69. The molecule has 2 aliphatic heterocycles. The van der Waals surface area contributed by atoms with Crippen LogP contribution in [0.15, 0.2) is 0 Å². The lowest BCUT2D eigenvalue weighted by Gasteiger charge is -2.53. The fourth-order valence-electron chi connectivity index (χ4n) is 2.95. The second-order valence-electron chi connectivity index (χ2n) is 6.42. The molecular weight excluding hydrogens is 218 g/mol. The van der Waals surface area contributed by atoms with Crippen LogP contribution in [0.4, 0.5) is 4.79 Å². The maximum Gasteiger partial charge on any atom is 0.410 e. The molecule has 2 saturated heterocycles. The van der Waals surface area contributed by atoms with E-state index in [2.05, 4.69) is 0 Å². The standard InChI is InChI=1S/C13H23NO3/c1-12(2,3)17-11(16)14-8-10-4-6-13(14,9-15)7-5-10/h10,15H,4-9H2,1-3H3. The molecule has 0 aromatic rings. The molecule has 2 heterocycles. The Morgan fingerprint density at radius 2 is 2.00 bits per heavy atom. The Kier molecular flexibility index (Phi) is 3.10. The van der Waals surface area contributed by atoms with Gasteiger partial charge in [0.2, 0.25) is 0 Å². The lowest BCUT2D eigenvalue weighted by molar-refractivity contribution is -0.0734. The summed E-state index contributed by atoms with van der Waals surface area (Å²) in [6.07, 6.45) is 3.80. The van der Waals surface area contributed by atoms with E-state index in [1.807, 2.05) is 20.8 Å². The number of aliphatic hydroxyl groups excluding tert-OH is 1. The van der Waals surface area contributed by atoms with Gasteiger partial charge in [-0.25, -0.2) is 4.79 Å². The summed E-state index contributed by atoms with van der Waals surface area (Å²) in [5, 5.41) is 9.63. The predicted molar refractivity (Wildman–Crippen MR) is 64.7 cm³/mol. The SMILES string of the molecule is CC(C)(C)OC(=O)N1CC2CCC1(CO)CC2. The monoisotopic (exact) mass is 241 g/mol. The van der Waals surface area contributed by atoms with Crippen molar-refractivity contribution in [2.75, 3.05) is 13.2 Å². The van der Waals surface area contributed by atoms with Crippen molar-refractivity contribution in [3.63, 3.8) is 0 Å². The molecule has 1 aliphatic carbocycles. The normalized spacial score (nSPS) is 32.7. The molecule has 1 saturated carbocycles. The third-order valence-corrected chi connectivity index (χ3v) is 3.96. The second kappa shape index (κ2) is 4.16. The molecule has 4 nitrogen and oxygen atoms in total. The van der Waals surface area contributed by atoms with Gasteiger partial charge in [-0.05, 0) is 52.4 Å². The first-order valence-corrected chi connectivity index (χ1v) is 6.48. The minimum absolute atomic E-state index is 0.0545. The van der Waals surface area contributed by atoms with Crippen molar-refractivity contribution in [1.82, 2.24) is 4.90 Å². The Balaban J connectivity index is 2.12. The summed E-state index contributed by atoms with van der Waals surface area (Å²) >= 11 is 0. The second-order valence-corrected chi connectivity index (χ2v) is 6.42. The van der Waals surface area contributed by atoms with Crippen LogP contribution < -0.4 is 0 Å². The van der Waals surface area contributed by atoms with Crippen LogP contribution in [0.5, 0.6) is 0 Å². The smallest absolute Gasteiger partial charge is 0.410 e. The molecule has 98 valence electrons. The van der Waals surface area contributed by atoms with Gasteiger partial charge in [-0.1, -0.05) is 0 Å². The Bertz CT molecular complexity index is 300. The van der Waals surface area contributed by atoms with E-state index in [4.69, 9.17) is 4.74 Å². The topological polar surface area (TPSA) is 49.8 Å². The maximum absolute atomic E-state index is 12.2. The molecular formula is C13H23NO3. The lowest BCUT2D eigenvalue weighted by Crippen LogP contribution is -2.62. The van der Waals surface area contributed by atoms with E-state index in [9.17, 15) is 9.90 Å². The Hall–Kier alpha value is -0.770. The molecule has 17 heavy (non-hydrogen) atoms. The van der Waals surface area contributed by atoms with Crippen molar-refractivity contribution < 1.29 is 14.6 Å². The number of piperidine rings is 2. The Morgan fingerprint density at radius 1 is 1.41 bits per heavy atom. The summed E-state index contributed by atoms with van der Waals surface area (Å²) < 4.78 is 5.43. The quantitative estimate of drug-likeness (QED) is 0.765. The molecule has 0 spiro atoms. The number of ether oxygens (including phenoxy) is 1. The lowest BCUT2D eigenvalue weighted by atomic mass is 9.71. The van der Waals surface area contributed by atoms with Crippen LogP contribution in [0.25, 0.3) is 0 Å². The molecule has 3 fully saturated rings. The molecule has 2 bridgehead atoms. The van der Waals surface area contributed by atoms with Crippen LogP contribution in [0, 0.1) is 5.92 Å². The first-order chi connectivity index (χ1) is 7.86. The van der Waals surface area contributed by atoms with Gasteiger partial charge < -0.3 is 9.84 Å². The van der Waals surface area contributed by atoms with Gasteiger partial charge in [0.05, 0.1) is 12.1 Å². The number of amides is 1.